The summed E-state index contributed by atoms with van der Waals surface area (Å²) >= 11 is 0. The number of nitrogens with zero attached hydrogens (tertiary/aromatic N) is 1. The molecule has 0 fully saturated rings. The molecule has 2 N–H and O–H groups in total. The number of rotatable bonds is 2. The van der Waals surface area contributed by atoms with Crippen molar-refractivity contribution in [2.75, 3.05) is 23.7 Å². The van der Waals surface area contributed by atoms with E-state index in [9.17, 15) is 0 Å². The normalized spacial score (nSPS) is 17.2. The minimum Gasteiger partial charge on any atom is -0.382 e. The Morgan fingerprint density at radius 3 is 2.63 bits per heavy atom. The van der Waals surface area contributed by atoms with Gasteiger partial charge in [0.1, 0.15) is 0 Å². The molecule has 0 radical (unpaired) electrons. The van der Waals surface area contributed by atoms with Crippen LogP contribution in [0.3, 0.4) is 0 Å². The van der Waals surface area contributed by atoms with Gasteiger partial charge < -0.3 is 10.6 Å². The van der Waals surface area contributed by atoms with Crippen LogP contribution < -0.4 is 10.6 Å². The van der Waals surface area contributed by atoms with Crippen LogP contribution in [0.2, 0.25) is 0 Å². The average Bonchev–Trinajstić information content (AvgIpc) is 2.67. The van der Waals surface area contributed by atoms with Gasteiger partial charge in [0.15, 0.2) is 0 Å². The van der Waals surface area contributed by atoms with Gasteiger partial charge in [-0.1, -0.05) is 32.0 Å². The van der Waals surface area contributed by atoms with E-state index in [0.717, 1.165) is 24.3 Å². The molecule has 1 aromatic heterocycles. The number of para-hydroxylation sites is 1. The fraction of sp³-hybridized carbons (Fsp3) is 0.438. The highest BCUT2D eigenvalue weighted by atomic mass is 15.0. The number of fused-ring (bicyclic) bond motifs is 3. The van der Waals surface area contributed by atoms with E-state index in [4.69, 9.17) is 0 Å². The summed E-state index contributed by atoms with van der Waals surface area (Å²) in [5.74, 6) is 0. The van der Waals surface area contributed by atoms with Gasteiger partial charge >= 0.3 is 0 Å². The molecule has 100 valence electrons. The monoisotopic (exact) mass is 255 g/mol. The van der Waals surface area contributed by atoms with Gasteiger partial charge in [0.05, 0.1) is 23.1 Å². The van der Waals surface area contributed by atoms with E-state index in [1.165, 1.54) is 23.9 Å². The molecule has 2 aromatic rings. The van der Waals surface area contributed by atoms with Gasteiger partial charge in [0.25, 0.3) is 0 Å². The number of aromatic nitrogens is 1. The van der Waals surface area contributed by atoms with E-state index in [-0.39, 0.29) is 0 Å². The summed E-state index contributed by atoms with van der Waals surface area (Å²) in [5, 5.41) is 8.45. The second kappa shape index (κ2) is 4.72. The van der Waals surface area contributed by atoms with Crippen LogP contribution in [0.5, 0.6) is 0 Å². The maximum atomic E-state index is 4.53. The highest BCUT2D eigenvalue weighted by Crippen LogP contribution is 2.36. The summed E-state index contributed by atoms with van der Waals surface area (Å²) in [5.41, 5.74) is 3.72. The van der Waals surface area contributed by atoms with Crippen molar-refractivity contribution >= 4 is 22.3 Å². The highest BCUT2D eigenvalue weighted by Gasteiger charge is 2.29. The lowest BCUT2D eigenvalue weighted by molar-refractivity contribution is 0.307. The molecule has 3 nitrogen and oxygen atoms in total. The minimum absolute atomic E-state index is 0.333. The van der Waals surface area contributed by atoms with E-state index in [1.54, 1.807) is 0 Å². The third kappa shape index (κ3) is 2.03. The number of pyridine rings is 1. The molecule has 1 aliphatic heterocycles. The highest BCUT2D eigenvalue weighted by molar-refractivity contribution is 5.97. The first kappa shape index (κ1) is 12.3. The van der Waals surface area contributed by atoms with E-state index in [2.05, 4.69) is 47.7 Å². The van der Waals surface area contributed by atoms with Gasteiger partial charge in [0.2, 0.25) is 0 Å². The Morgan fingerprint density at radius 2 is 1.84 bits per heavy atom. The molecule has 1 aromatic carbocycles. The van der Waals surface area contributed by atoms with E-state index in [0.29, 0.717) is 5.41 Å². The predicted octanol–water partition coefficient (Wildman–Crippen LogP) is 3.88. The smallest absolute Gasteiger partial charge is 0.0769 e. The largest absolute Gasteiger partial charge is 0.382 e. The van der Waals surface area contributed by atoms with Crippen molar-refractivity contribution in [3.05, 3.63) is 30.5 Å². The molecule has 0 saturated heterocycles. The Labute approximate surface area is 114 Å². The molecule has 0 atom stereocenters. The molecular formula is C16H21N3. The Kier molecular flexibility index (Phi) is 3.05. The van der Waals surface area contributed by atoms with Crippen LogP contribution in [0.25, 0.3) is 10.9 Å². The van der Waals surface area contributed by atoms with Crippen molar-refractivity contribution < 1.29 is 0 Å². The number of nitrogens with one attached hydrogen (secondary N) is 2. The molecule has 3 rings (SSSR count). The summed E-state index contributed by atoms with van der Waals surface area (Å²) in [4.78, 5) is 4.53. The second-order valence-corrected chi connectivity index (χ2v) is 5.48. The van der Waals surface area contributed by atoms with Gasteiger partial charge in [0, 0.05) is 23.9 Å². The van der Waals surface area contributed by atoms with Crippen molar-refractivity contribution in [2.24, 2.45) is 5.41 Å². The molecule has 19 heavy (non-hydrogen) atoms. The van der Waals surface area contributed by atoms with Gasteiger partial charge in [-0.2, -0.15) is 0 Å². The van der Waals surface area contributed by atoms with Crippen LogP contribution >= 0.6 is 0 Å². The Hall–Kier alpha value is -1.77. The standard InChI is InChI=1S/C16H21N3/c1-3-16(4-2)10-18-14-9-17-13-8-6-5-7-12(13)15(14)19-11-16/h5-9,18-19H,3-4,10-11H2,1-2H3. The van der Waals surface area contributed by atoms with Crippen LogP contribution in [-0.2, 0) is 0 Å². The first-order valence-electron chi connectivity index (χ1n) is 7.13. The summed E-state index contributed by atoms with van der Waals surface area (Å²) in [6.45, 7) is 6.59. The van der Waals surface area contributed by atoms with Gasteiger partial charge in [-0.05, 0) is 18.9 Å². The lowest BCUT2D eigenvalue weighted by Crippen LogP contribution is -2.33. The number of benzene rings is 1. The molecule has 0 bridgehead atoms. The Bertz CT molecular complexity index is 588. The lowest BCUT2D eigenvalue weighted by atomic mass is 9.82. The van der Waals surface area contributed by atoms with Crippen LogP contribution in [0.4, 0.5) is 11.4 Å². The molecule has 3 heteroatoms. The number of hydrogen-bond acceptors (Lipinski definition) is 3. The number of hydrogen-bond donors (Lipinski definition) is 2. The molecule has 1 aliphatic rings. The fourth-order valence-corrected chi connectivity index (χ4v) is 2.84. The van der Waals surface area contributed by atoms with E-state index >= 15 is 0 Å². The molecule has 2 heterocycles. The Balaban J connectivity index is 2.05. The topological polar surface area (TPSA) is 37.0 Å². The van der Waals surface area contributed by atoms with Crippen molar-refractivity contribution in [3.8, 4) is 0 Å². The molecule has 0 spiro atoms. The summed E-state index contributed by atoms with van der Waals surface area (Å²) in [7, 11) is 0. The van der Waals surface area contributed by atoms with Crippen LogP contribution in [0.15, 0.2) is 30.5 Å². The summed E-state index contributed by atoms with van der Waals surface area (Å²) in [6, 6.07) is 8.31. The average molecular weight is 255 g/mol. The first-order chi connectivity index (χ1) is 9.28. The van der Waals surface area contributed by atoms with Crippen LogP contribution in [0.1, 0.15) is 26.7 Å². The molecule has 0 aliphatic carbocycles. The number of anilines is 2. The van der Waals surface area contributed by atoms with Crippen molar-refractivity contribution in [1.29, 1.82) is 0 Å². The van der Waals surface area contributed by atoms with Crippen molar-refractivity contribution in [1.82, 2.24) is 4.98 Å². The Morgan fingerprint density at radius 1 is 1.11 bits per heavy atom. The van der Waals surface area contributed by atoms with Crippen molar-refractivity contribution in [2.45, 2.75) is 26.7 Å². The fourth-order valence-electron chi connectivity index (χ4n) is 2.84. The van der Waals surface area contributed by atoms with Gasteiger partial charge in [-0.25, -0.2) is 0 Å². The molecular weight excluding hydrogens is 234 g/mol. The maximum Gasteiger partial charge on any atom is 0.0769 e. The quantitative estimate of drug-likeness (QED) is 0.855. The molecule has 0 saturated carbocycles. The molecule has 0 unspecified atom stereocenters. The minimum atomic E-state index is 0.333. The zero-order valence-corrected chi connectivity index (χ0v) is 11.7. The van der Waals surface area contributed by atoms with E-state index < -0.39 is 0 Å². The SMILES string of the molecule is CCC1(CC)CNc2cnc3ccccc3c2NC1. The van der Waals surface area contributed by atoms with Crippen LogP contribution in [0, 0.1) is 5.41 Å². The third-order valence-corrected chi connectivity index (χ3v) is 4.57. The first-order valence-corrected chi connectivity index (χ1v) is 7.13. The van der Waals surface area contributed by atoms with E-state index in [1.807, 2.05) is 12.3 Å². The predicted molar refractivity (Wildman–Crippen MR) is 81.7 cm³/mol. The lowest BCUT2D eigenvalue weighted by Gasteiger charge is -2.30. The van der Waals surface area contributed by atoms with Crippen molar-refractivity contribution in [3.63, 3.8) is 0 Å². The van der Waals surface area contributed by atoms with Crippen LogP contribution in [-0.4, -0.2) is 18.1 Å². The molecule has 0 amide bonds. The van der Waals surface area contributed by atoms with Gasteiger partial charge in [-0.3, -0.25) is 4.98 Å². The third-order valence-electron chi connectivity index (χ3n) is 4.57. The van der Waals surface area contributed by atoms with Gasteiger partial charge in [-0.15, -0.1) is 0 Å². The zero-order valence-electron chi connectivity index (χ0n) is 11.7. The summed E-state index contributed by atoms with van der Waals surface area (Å²) in [6.07, 6.45) is 4.32. The summed E-state index contributed by atoms with van der Waals surface area (Å²) < 4.78 is 0. The second-order valence-electron chi connectivity index (χ2n) is 5.48. The maximum absolute atomic E-state index is 4.53. The zero-order chi connectivity index (χ0) is 13.3.